The summed E-state index contributed by atoms with van der Waals surface area (Å²) in [6.07, 6.45) is 4.26. The van der Waals surface area contributed by atoms with E-state index in [9.17, 15) is 0 Å². The van der Waals surface area contributed by atoms with Gasteiger partial charge < -0.3 is 15.8 Å². The summed E-state index contributed by atoms with van der Waals surface area (Å²) < 4.78 is 1.88. The maximum absolute atomic E-state index is 8.48. The molecule has 1 aromatic rings. The van der Waals surface area contributed by atoms with Gasteiger partial charge in [0.25, 0.3) is 0 Å². The van der Waals surface area contributed by atoms with E-state index < -0.39 is 0 Å². The highest BCUT2D eigenvalue weighted by Gasteiger charge is 2.10. The van der Waals surface area contributed by atoms with Crippen LogP contribution >= 0.6 is 0 Å². The fourth-order valence-corrected chi connectivity index (χ4v) is 1.41. The van der Waals surface area contributed by atoms with E-state index in [-0.39, 0.29) is 11.9 Å². The monoisotopic (exact) mass is 225 g/mol. The molecule has 0 amide bonds. The predicted molar refractivity (Wildman–Crippen MR) is 62.3 cm³/mol. The molecular weight excluding hydrogens is 206 g/mol. The highest BCUT2D eigenvalue weighted by atomic mass is 16.4. The third-order valence-corrected chi connectivity index (χ3v) is 2.63. The van der Waals surface area contributed by atoms with Gasteiger partial charge in [0, 0.05) is 31.4 Å². The predicted octanol–water partition coefficient (Wildman–Crippen LogP) is 0.340. The molecule has 1 unspecified atom stereocenters. The number of amidine groups is 1. The van der Waals surface area contributed by atoms with Crippen LogP contribution in [0.25, 0.3) is 0 Å². The van der Waals surface area contributed by atoms with E-state index >= 15 is 0 Å². The molecule has 1 atom stereocenters. The van der Waals surface area contributed by atoms with Crippen LogP contribution in [0.15, 0.2) is 23.6 Å². The van der Waals surface area contributed by atoms with E-state index in [1.165, 1.54) is 0 Å². The standard InChI is InChI=1S/C10H19N5O/c1-9(8-10(11)13-16)14(2)6-7-15-5-3-4-12-15/h3-5,9,16H,6-8H2,1-2H3,(H2,11,13). The second kappa shape index (κ2) is 6.12. The van der Waals surface area contributed by atoms with Crippen LogP contribution < -0.4 is 5.73 Å². The van der Waals surface area contributed by atoms with E-state index in [1.807, 2.05) is 30.9 Å². The van der Waals surface area contributed by atoms with Crippen molar-refractivity contribution in [3.05, 3.63) is 18.5 Å². The van der Waals surface area contributed by atoms with E-state index in [2.05, 4.69) is 15.2 Å². The van der Waals surface area contributed by atoms with Gasteiger partial charge in [-0.1, -0.05) is 5.16 Å². The number of nitrogens with zero attached hydrogens (tertiary/aromatic N) is 4. The van der Waals surface area contributed by atoms with Crippen molar-refractivity contribution in [2.45, 2.75) is 25.9 Å². The zero-order valence-corrected chi connectivity index (χ0v) is 9.74. The minimum absolute atomic E-state index is 0.242. The molecule has 0 bridgehead atoms. The largest absolute Gasteiger partial charge is 0.409 e. The molecule has 0 radical (unpaired) electrons. The molecule has 0 aliphatic heterocycles. The molecule has 0 fully saturated rings. The molecular formula is C10H19N5O. The number of hydrogen-bond acceptors (Lipinski definition) is 4. The summed E-state index contributed by atoms with van der Waals surface area (Å²) >= 11 is 0. The normalized spacial score (nSPS) is 14.3. The van der Waals surface area contributed by atoms with Crippen molar-refractivity contribution in [2.24, 2.45) is 10.9 Å². The first kappa shape index (κ1) is 12.5. The van der Waals surface area contributed by atoms with Gasteiger partial charge in [-0.2, -0.15) is 5.10 Å². The third kappa shape index (κ3) is 3.90. The Bertz CT molecular complexity index is 322. The Morgan fingerprint density at radius 3 is 3.00 bits per heavy atom. The fourth-order valence-electron chi connectivity index (χ4n) is 1.41. The van der Waals surface area contributed by atoms with Gasteiger partial charge in [-0.15, -0.1) is 0 Å². The zero-order chi connectivity index (χ0) is 12.0. The quantitative estimate of drug-likeness (QED) is 0.317. The maximum Gasteiger partial charge on any atom is 0.140 e. The Balaban J connectivity index is 2.31. The van der Waals surface area contributed by atoms with Crippen LogP contribution in [0.4, 0.5) is 0 Å². The molecule has 16 heavy (non-hydrogen) atoms. The molecule has 6 nitrogen and oxygen atoms in total. The van der Waals surface area contributed by atoms with Gasteiger partial charge in [0.05, 0.1) is 6.54 Å². The zero-order valence-electron chi connectivity index (χ0n) is 9.74. The topological polar surface area (TPSA) is 79.7 Å². The van der Waals surface area contributed by atoms with E-state index in [0.717, 1.165) is 13.1 Å². The number of rotatable bonds is 6. The number of hydrogen-bond donors (Lipinski definition) is 2. The maximum atomic E-state index is 8.48. The summed E-state index contributed by atoms with van der Waals surface area (Å²) in [6.45, 7) is 3.76. The molecule has 90 valence electrons. The summed E-state index contributed by atoms with van der Waals surface area (Å²) in [5, 5.41) is 15.6. The second-order valence-corrected chi connectivity index (χ2v) is 3.89. The first-order chi connectivity index (χ1) is 7.63. The third-order valence-electron chi connectivity index (χ3n) is 2.63. The van der Waals surface area contributed by atoms with Crippen LogP contribution in [0.2, 0.25) is 0 Å². The molecule has 1 aromatic heterocycles. The molecule has 1 heterocycles. The Morgan fingerprint density at radius 2 is 2.44 bits per heavy atom. The van der Waals surface area contributed by atoms with Crippen LogP contribution in [-0.2, 0) is 6.54 Å². The van der Waals surface area contributed by atoms with Crippen LogP contribution in [-0.4, -0.2) is 45.4 Å². The second-order valence-electron chi connectivity index (χ2n) is 3.89. The minimum Gasteiger partial charge on any atom is -0.409 e. The average molecular weight is 225 g/mol. The van der Waals surface area contributed by atoms with Gasteiger partial charge in [-0.25, -0.2) is 0 Å². The molecule has 0 spiro atoms. The van der Waals surface area contributed by atoms with Gasteiger partial charge >= 0.3 is 0 Å². The average Bonchev–Trinajstić information content (AvgIpc) is 2.78. The first-order valence-corrected chi connectivity index (χ1v) is 5.27. The molecule has 0 saturated heterocycles. The number of oxime groups is 1. The van der Waals surface area contributed by atoms with Gasteiger partial charge in [-0.3, -0.25) is 4.68 Å². The molecule has 3 N–H and O–H groups in total. The van der Waals surface area contributed by atoms with Crippen LogP contribution in [0.5, 0.6) is 0 Å². The van der Waals surface area contributed by atoms with Crippen LogP contribution in [0, 0.1) is 0 Å². The van der Waals surface area contributed by atoms with Gasteiger partial charge in [0.1, 0.15) is 5.84 Å². The summed E-state index contributed by atoms with van der Waals surface area (Å²) in [5.41, 5.74) is 5.46. The van der Waals surface area contributed by atoms with Crippen molar-refractivity contribution in [2.75, 3.05) is 13.6 Å². The van der Waals surface area contributed by atoms with Gasteiger partial charge in [0.15, 0.2) is 0 Å². The Kier molecular flexibility index (Phi) is 4.78. The fraction of sp³-hybridized carbons (Fsp3) is 0.600. The van der Waals surface area contributed by atoms with E-state index in [4.69, 9.17) is 10.9 Å². The Morgan fingerprint density at radius 1 is 1.69 bits per heavy atom. The van der Waals surface area contributed by atoms with Crippen molar-refractivity contribution in [3.8, 4) is 0 Å². The highest BCUT2D eigenvalue weighted by Crippen LogP contribution is 2.01. The molecule has 0 aliphatic rings. The Hall–Kier alpha value is -1.56. The highest BCUT2D eigenvalue weighted by molar-refractivity contribution is 5.80. The summed E-state index contributed by atoms with van der Waals surface area (Å²) in [6, 6.07) is 2.14. The number of nitrogens with two attached hydrogens (primary N) is 1. The lowest BCUT2D eigenvalue weighted by atomic mass is 10.2. The summed E-state index contributed by atoms with van der Waals surface area (Å²) in [4.78, 5) is 2.15. The van der Waals surface area contributed by atoms with Crippen LogP contribution in [0.1, 0.15) is 13.3 Å². The van der Waals surface area contributed by atoms with E-state index in [0.29, 0.717) is 6.42 Å². The smallest absolute Gasteiger partial charge is 0.140 e. The Labute approximate surface area is 95.3 Å². The minimum atomic E-state index is 0.242. The molecule has 6 heteroatoms. The van der Waals surface area contributed by atoms with E-state index in [1.54, 1.807) is 6.20 Å². The number of aromatic nitrogens is 2. The SMILES string of the molecule is CC(CC(N)=NO)N(C)CCn1cccn1. The first-order valence-electron chi connectivity index (χ1n) is 5.27. The summed E-state index contributed by atoms with van der Waals surface area (Å²) in [7, 11) is 2.01. The molecule has 1 rings (SSSR count). The molecule has 0 aromatic carbocycles. The molecule has 0 saturated carbocycles. The summed E-state index contributed by atoms with van der Waals surface area (Å²) in [5.74, 6) is 0.262. The van der Waals surface area contributed by atoms with Gasteiger partial charge in [0.2, 0.25) is 0 Å². The van der Waals surface area contributed by atoms with Crippen molar-refractivity contribution < 1.29 is 5.21 Å². The van der Waals surface area contributed by atoms with Crippen molar-refractivity contribution in [1.82, 2.24) is 14.7 Å². The van der Waals surface area contributed by atoms with Crippen molar-refractivity contribution in [1.29, 1.82) is 0 Å². The lowest BCUT2D eigenvalue weighted by Crippen LogP contribution is -2.35. The van der Waals surface area contributed by atoms with Crippen LogP contribution in [0.3, 0.4) is 0 Å². The van der Waals surface area contributed by atoms with Gasteiger partial charge in [-0.05, 0) is 20.0 Å². The van der Waals surface area contributed by atoms with Crippen molar-refractivity contribution >= 4 is 5.84 Å². The molecule has 0 aliphatic carbocycles. The lowest BCUT2D eigenvalue weighted by molar-refractivity contribution is 0.245. The van der Waals surface area contributed by atoms with Crippen molar-refractivity contribution in [3.63, 3.8) is 0 Å². The number of likely N-dealkylation sites (N-methyl/N-ethyl adjacent to an activating group) is 1. The lowest BCUT2D eigenvalue weighted by Gasteiger charge is -2.23.